The number of nitrogens with two attached hydrogens (primary N) is 1. The highest BCUT2D eigenvalue weighted by Gasteiger charge is 1.92. The molecule has 6 heteroatoms. The Kier molecular flexibility index (Phi) is 4.64. The van der Waals surface area contributed by atoms with Crippen molar-refractivity contribution in [3.05, 3.63) is 18.7 Å². The first-order chi connectivity index (χ1) is 5.83. The Morgan fingerprint density at radius 3 is 2.15 bits per heavy atom. The van der Waals surface area contributed by atoms with Crippen molar-refractivity contribution in [2.24, 2.45) is 12.2 Å². The zero-order valence-corrected chi connectivity index (χ0v) is 8.95. The highest BCUT2D eigenvalue weighted by molar-refractivity contribution is 7.88. The van der Waals surface area contributed by atoms with Crippen molar-refractivity contribution in [3.8, 4) is 0 Å². The number of imidazole rings is 1. The lowest BCUT2D eigenvalue weighted by atomic mass is 10.7. The van der Waals surface area contributed by atoms with Gasteiger partial charge in [0.05, 0.1) is 19.8 Å². The second kappa shape index (κ2) is 4.98. The molecule has 0 saturated carbocycles. The minimum atomic E-state index is -3.17. The van der Waals surface area contributed by atoms with Crippen molar-refractivity contribution in [1.29, 1.82) is 0 Å². The lowest BCUT2D eigenvalue weighted by Gasteiger charge is -1.81. The van der Waals surface area contributed by atoms with E-state index in [9.17, 15) is 8.42 Å². The Bertz CT molecular complexity index is 334. The molecule has 13 heavy (non-hydrogen) atoms. The molecule has 0 radical (unpaired) electrons. The van der Waals surface area contributed by atoms with Gasteiger partial charge in [0.1, 0.15) is 12.4 Å². The summed E-state index contributed by atoms with van der Waals surface area (Å²) < 4.78 is 23.0. The van der Waals surface area contributed by atoms with Gasteiger partial charge in [0.25, 0.3) is 0 Å². The topological polar surface area (TPSA) is 69.0 Å². The highest BCUT2D eigenvalue weighted by Crippen LogP contribution is 1.79. The van der Waals surface area contributed by atoms with Gasteiger partial charge >= 0.3 is 0 Å². The summed E-state index contributed by atoms with van der Waals surface area (Å²) in [6.07, 6.45) is 7.08. The quantitative estimate of drug-likeness (QED) is 0.613. The molecule has 0 aliphatic heterocycles. The van der Waals surface area contributed by atoms with Crippen LogP contribution in [0, 0.1) is 0 Å². The Morgan fingerprint density at radius 1 is 1.54 bits per heavy atom. The molecule has 76 valence electrons. The maximum Gasteiger partial charge on any atom is 0.243 e. The van der Waals surface area contributed by atoms with E-state index in [1.807, 2.05) is 17.8 Å². The molecular formula is C7H16N3O2S+. The van der Waals surface area contributed by atoms with Crippen LogP contribution < -0.4 is 9.71 Å². The molecule has 0 spiro atoms. The Hall–Kier alpha value is -0.880. The molecule has 0 fully saturated rings. The molecular weight excluding hydrogens is 190 g/mol. The minimum absolute atomic E-state index is 0.938. The van der Waals surface area contributed by atoms with Crippen molar-refractivity contribution >= 4 is 10.0 Å². The van der Waals surface area contributed by atoms with E-state index in [1.54, 1.807) is 0 Å². The molecule has 0 atom stereocenters. The maximum absolute atomic E-state index is 9.41. The van der Waals surface area contributed by atoms with Crippen LogP contribution in [0.5, 0.6) is 0 Å². The molecule has 0 unspecified atom stereocenters. The SMILES string of the molecule is CCn1cc[n+](C)c1.CS(N)(=O)=O. The third-order valence-electron chi connectivity index (χ3n) is 1.19. The summed E-state index contributed by atoms with van der Waals surface area (Å²) in [6, 6.07) is 0. The predicted octanol–water partition coefficient (Wildman–Crippen LogP) is -0.763. The van der Waals surface area contributed by atoms with Crippen LogP contribution in [-0.2, 0) is 23.6 Å². The van der Waals surface area contributed by atoms with E-state index in [-0.39, 0.29) is 0 Å². The summed E-state index contributed by atoms with van der Waals surface area (Å²) in [5.74, 6) is 0. The third-order valence-corrected chi connectivity index (χ3v) is 1.19. The number of sulfonamides is 1. The number of aromatic nitrogens is 2. The van der Waals surface area contributed by atoms with E-state index in [0.717, 1.165) is 12.8 Å². The first-order valence-corrected chi connectivity index (χ1v) is 5.77. The van der Waals surface area contributed by atoms with Crippen LogP contribution in [0.1, 0.15) is 6.92 Å². The molecule has 0 bridgehead atoms. The van der Waals surface area contributed by atoms with Gasteiger partial charge in [0.15, 0.2) is 0 Å². The van der Waals surface area contributed by atoms with Crippen LogP contribution in [0.15, 0.2) is 18.7 Å². The van der Waals surface area contributed by atoms with Crippen LogP contribution in [0.4, 0.5) is 0 Å². The normalized spacial score (nSPS) is 10.5. The molecule has 2 N–H and O–H groups in total. The number of primary sulfonamides is 1. The summed E-state index contributed by atoms with van der Waals surface area (Å²) in [5.41, 5.74) is 0. The second-order valence-corrected chi connectivity index (χ2v) is 4.40. The number of nitrogens with zero attached hydrogens (tertiary/aromatic N) is 2. The number of rotatable bonds is 1. The van der Waals surface area contributed by atoms with Gasteiger partial charge in [0.2, 0.25) is 16.4 Å². The molecule has 1 heterocycles. The van der Waals surface area contributed by atoms with Gasteiger partial charge in [-0.3, -0.25) is 0 Å². The van der Waals surface area contributed by atoms with Gasteiger partial charge in [0, 0.05) is 0 Å². The van der Waals surface area contributed by atoms with E-state index < -0.39 is 10.0 Å². The zero-order chi connectivity index (χ0) is 10.5. The van der Waals surface area contributed by atoms with Crippen molar-refractivity contribution in [2.75, 3.05) is 6.26 Å². The van der Waals surface area contributed by atoms with Gasteiger partial charge in [-0.05, 0) is 6.92 Å². The van der Waals surface area contributed by atoms with Gasteiger partial charge in [-0.25, -0.2) is 22.7 Å². The van der Waals surface area contributed by atoms with Crippen LogP contribution in [0.25, 0.3) is 0 Å². The molecule has 1 aromatic rings. The van der Waals surface area contributed by atoms with E-state index in [4.69, 9.17) is 0 Å². The van der Waals surface area contributed by atoms with Crippen molar-refractivity contribution in [3.63, 3.8) is 0 Å². The first-order valence-electron chi connectivity index (χ1n) is 3.81. The van der Waals surface area contributed by atoms with Crippen molar-refractivity contribution in [1.82, 2.24) is 4.57 Å². The monoisotopic (exact) mass is 206 g/mol. The highest BCUT2D eigenvalue weighted by atomic mass is 32.2. The van der Waals surface area contributed by atoms with E-state index in [0.29, 0.717) is 0 Å². The van der Waals surface area contributed by atoms with Gasteiger partial charge in [-0.15, -0.1) is 0 Å². The Labute approximate surface area is 78.8 Å². The summed E-state index contributed by atoms with van der Waals surface area (Å²) in [6.45, 7) is 3.18. The van der Waals surface area contributed by atoms with Gasteiger partial charge < -0.3 is 0 Å². The third kappa shape index (κ3) is 9.03. The van der Waals surface area contributed by atoms with Crippen LogP contribution in [0.3, 0.4) is 0 Å². The first kappa shape index (κ1) is 12.1. The Balaban J connectivity index is 0.000000252. The average molecular weight is 206 g/mol. The van der Waals surface area contributed by atoms with E-state index >= 15 is 0 Å². The zero-order valence-electron chi connectivity index (χ0n) is 8.14. The van der Waals surface area contributed by atoms with Crippen LogP contribution >= 0.6 is 0 Å². The molecule has 0 aromatic carbocycles. The van der Waals surface area contributed by atoms with Crippen molar-refractivity contribution < 1.29 is 13.0 Å². The molecule has 0 amide bonds. The second-order valence-electron chi connectivity index (χ2n) is 2.74. The average Bonchev–Trinajstić information content (AvgIpc) is 2.31. The summed E-state index contributed by atoms with van der Waals surface area (Å²) >= 11 is 0. The molecule has 5 nitrogen and oxygen atoms in total. The smallest absolute Gasteiger partial charge is 0.240 e. The van der Waals surface area contributed by atoms with Gasteiger partial charge in [-0.2, -0.15) is 0 Å². The summed E-state index contributed by atoms with van der Waals surface area (Å²) in [5, 5.41) is 4.33. The molecule has 0 saturated heterocycles. The fraction of sp³-hybridized carbons (Fsp3) is 0.571. The standard InChI is InChI=1S/C6H11N2.CH5NO2S/c1-3-8-5-4-7(2)6-8;1-5(2,3)4/h4-6H,3H2,1-2H3;1H3,(H2,2,3,4)/q+1;. The number of aryl methyl sites for hydroxylation is 2. The van der Waals surface area contributed by atoms with Gasteiger partial charge in [-0.1, -0.05) is 0 Å². The fourth-order valence-electron chi connectivity index (χ4n) is 0.689. The summed E-state index contributed by atoms with van der Waals surface area (Å²) in [4.78, 5) is 0. The van der Waals surface area contributed by atoms with Crippen LogP contribution in [-0.4, -0.2) is 19.2 Å². The fourth-order valence-corrected chi connectivity index (χ4v) is 0.689. The molecule has 0 aliphatic rings. The van der Waals surface area contributed by atoms with Crippen LogP contribution in [0.2, 0.25) is 0 Å². The van der Waals surface area contributed by atoms with E-state index in [1.165, 1.54) is 0 Å². The number of hydrogen-bond donors (Lipinski definition) is 1. The molecule has 0 aliphatic carbocycles. The largest absolute Gasteiger partial charge is 0.243 e. The predicted molar refractivity (Wildman–Crippen MR) is 50.3 cm³/mol. The maximum atomic E-state index is 9.41. The lowest BCUT2D eigenvalue weighted by Crippen LogP contribution is -2.23. The van der Waals surface area contributed by atoms with E-state index in [2.05, 4.69) is 29.2 Å². The van der Waals surface area contributed by atoms with Crippen molar-refractivity contribution in [2.45, 2.75) is 13.5 Å². The Morgan fingerprint density at radius 2 is 2.00 bits per heavy atom. The molecule has 1 rings (SSSR count). The number of hydrogen-bond acceptors (Lipinski definition) is 2. The minimum Gasteiger partial charge on any atom is -0.240 e. The lowest BCUT2D eigenvalue weighted by molar-refractivity contribution is -0.671. The summed E-state index contributed by atoms with van der Waals surface area (Å²) in [7, 11) is -1.15. The molecule has 1 aromatic heterocycles.